The Bertz CT molecular complexity index is 394. The summed E-state index contributed by atoms with van der Waals surface area (Å²) in [5, 5.41) is 3.39. The Hall–Kier alpha value is -0.930. The van der Waals surface area contributed by atoms with Crippen LogP contribution in [0.4, 0.5) is 0 Å². The topological polar surface area (TPSA) is 21.3 Å². The summed E-state index contributed by atoms with van der Waals surface area (Å²) < 4.78 is 6.11. The number of fused-ring (bicyclic) bond motifs is 1. The summed E-state index contributed by atoms with van der Waals surface area (Å²) >= 11 is 1.89. The van der Waals surface area contributed by atoms with Gasteiger partial charge in [-0.3, -0.25) is 0 Å². The van der Waals surface area contributed by atoms with Crippen molar-refractivity contribution in [2.75, 3.05) is 12.8 Å². The van der Waals surface area contributed by atoms with Crippen molar-refractivity contribution in [2.24, 2.45) is 0 Å². The SMILES string of the molecule is C=CCCCC(NC)C1CSc2ccccc2O1. The lowest BCUT2D eigenvalue weighted by atomic mass is 10.0. The highest BCUT2D eigenvalue weighted by Crippen LogP contribution is 2.36. The highest BCUT2D eigenvalue weighted by Gasteiger charge is 2.26. The second-order valence-corrected chi connectivity index (χ2v) is 5.59. The second-order valence-electron chi connectivity index (χ2n) is 4.53. The van der Waals surface area contributed by atoms with Gasteiger partial charge < -0.3 is 10.1 Å². The zero-order valence-corrected chi connectivity index (χ0v) is 11.7. The third kappa shape index (κ3) is 3.30. The molecule has 1 aromatic rings. The van der Waals surface area contributed by atoms with Crippen molar-refractivity contribution in [1.82, 2.24) is 5.32 Å². The van der Waals surface area contributed by atoms with E-state index in [2.05, 4.69) is 30.1 Å². The highest BCUT2D eigenvalue weighted by atomic mass is 32.2. The van der Waals surface area contributed by atoms with E-state index in [1.807, 2.05) is 31.0 Å². The number of hydrogen-bond donors (Lipinski definition) is 1. The van der Waals surface area contributed by atoms with Crippen LogP contribution in [0.25, 0.3) is 0 Å². The van der Waals surface area contributed by atoms with E-state index < -0.39 is 0 Å². The number of likely N-dealkylation sites (N-methyl/N-ethyl adjacent to an activating group) is 1. The first-order valence-corrected chi connectivity index (χ1v) is 7.50. The van der Waals surface area contributed by atoms with Gasteiger partial charge in [-0.2, -0.15) is 0 Å². The maximum atomic E-state index is 6.11. The van der Waals surface area contributed by atoms with E-state index >= 15 is 0 Å². The van der Waals surface area contributed by atoms with Crippen LogP contribution in [0, 0.1) is 0 Å². The van der Waals surface area contributed by atoms with E-state index in [1.165, 1.54) is 11.3 Å². The van der Waals surface area contributed by atoms with Crippen molar-refractivity contribution in [3.8, 4) is 5.75 Å². The minimum absolute atomic E-state index is 0.264. The fourth-order valence-corrected chi connectivity index (χ4v) is 3.31. The van der Waals surface area contributed by atoms with Crippen molar-refractivity contribution >= 4 is 11.8 Å². The van der Waals surface area contributed by atoms with Crippen LogP contribution in [0.5, 0.6) is 5.75 Å². The minimum atomic E-state index is 0.264. The molecule has 1 aliphatic rings. The molecule has 18 heavy (non-hydrogen) atoms. The van der Waals surface area contributed by atoms with Crippen LogP contribution in [0.3, 0.4) is 0 Å². The lowest BCUT2D eigenvalue weighted by Gasteiger charge is -2.31. The van der Waals surface area contributed by atoms with Crippen LogP contribution >= 0.6 is 11.8 Å². The van der Waals surface area contributed by atoms with Gasteiger partial charge in [-0.25, -0.2) is 0 Å². The van der Waals surface area contributed by atoms with Crippen molar-refractivity contribution < 1.29 is 4.74 Å². The van der Waals surface area contributed by atoms with E-state index in [0.29, 0.717) is 6.04 Å². The van der Waals surface area contributed by atoms with Crippen LogP contribution in [0.1, 0.15) is 19.3 Å². The molecule has 1 aromatic carbocycles. The molecule has 1 heterocycles. The van der Waals surface area contributed by atoms with Crippen LogP contribution in [-0.4, -0.2) is 24.9 Å². The summed E-state index contributed by atoms with van der Waals surface area (Å²) in [6, 6.07) is 8.71. The van der Waals surface area contributed by atoms with Crippen LogP contribution in [0.2, 0.25) is 0 Å². The molecular formula is C15H21NOS. The minimum Gasteiger partial charge on any atom is -0.487 e. The summed E-state index contributed by atoms with van der Waals surface area (Å²) in [4.78, 5) is 1.26. The molecule has 0 spiro atoms. The molecule has 2 nitrogen and oxygen atoms in total. The average Bonchev–Trinajstić information content (AvgIpc) is 2.43. The van der Waals surface area contributed by atoms with Gasteiger partial charge in [-0.15, -0.1) is 18.3 Å². The Kier molecular flexibility index (Phi) is 5.14. The lowest BCUT2D eigenvalue weighted by Crippen LogP contribution is -2.44. The number of nitrogens with one attached hydrogen (secondary N) is 1. The Balaban J connectivity index is 1.95. The predicted octanol–water partition coefficient (Wildman–Crippen LogP) is 3.48. The number of thioether (sulfide) groups is 1. The molecule has 0 fully saturated rings. The first-order chi connectivity index (χ1) is 8.85. The summed E-state index contributed by atoms with van der Waals surface area (Å²) in [7, 11) is 2.02. The molecule has 0 saturated carbocycles. The van der Waals surface area contributed by atoms with Crippen LogP contribution in [-0.2, 0) is 0 Å². The van der Waals surface area contributed by atoms with Gasteiger partial charge in [-0.1, -0.05) is 18.2 Å². The van der Waals surface area contributed by atoms with Gasteiger partial charge in [0, 0.05) is 16.7 Å². The van der Waals surface area contributed by atoms with Crippen molar-refractivity contribution in [2.45, 2.75) is 36.3 Å². The maximum absolute atomic E-state index is 6.11. The molecule has 1 aliphatic heterocycles. The summed E-state index contributed by atoms with van der Waals surface area (Å²) in [6.45, 7) is 3.77. The zero-order chi connectivity index (χ0) is 12.8. The van der Waals surface area contributed by atoms with Gasteiger partial charge in [0.2, 0.25) is 0 Å². The molecular weight excluding hydrogens is 242 g/mol. The highest BCUT2D eigenvalue weighted by molar-refractivity contribution is 7.99. The number of rotatable bonds is 6. The third-order valence-corrected chi connectivity index (χ3v) is 4.42. The van der Waals surface area contributed by atoms with Crippen LogP contribution < -0.4 is 10.1 Å². The van der Waals surface area contributed by atoms with E-state index in [1.54, 1.807) is 0 Å². The van der Waals surface area contributed by atoms with E-state index in [-0.39, 0.29) is 6.10 Å². The van der Waals surface area contributed by atoms with Crippen molar-refractivity contribution in [1.29, 1.82) is 0 Å². The van der Waals surface area contributed by atoms with Crippen molar-refractivity contribution in [3.63, 3.8) is 0 Å². The van der Waals surface area contributed by atoms with E-state index in [4.69, 9.17) is 4.74 Å². The summed E-state index contributed by atoms with van der Waals surface area (Å²) in [6.07, 6.45) is 5.63. The van der Waals surface area contributed by atoms with E-state index in [0.717, 1.165) is 24.3 Å². The fraction of sp³-hybridized carbons (Fsp3) is 0.467. The Labute approximate surface area is 114 Å². The largest absolute Gasteiger partial charge is 0.487 e. The van der Waals surface area contributed by atoms with Gasteiger partial charge in [0.1, 0.15) is 11.9 Å². The molecule has 2 unspecified atom stereocenters. The van der Waals surface area contributed by atoms with Gasteiger partial charge >= 0.3 is 0 Å². The number of hydrogen-bond acceptors (Lipinski definition) is 3. The molecule has 98 valence electrons. The van der Waals surface area contributed by atoms with Gasteiger partial charge in [0.05, 0.1) is 0 Å². The molecule has 0 bridgehead atoms. The number of benzene rings is 1. The Morgan fingerprint density at radius 2 is 2.39 bits per heavy atom. The third-order valence-electron chi connectivity index (χ3n) is 3.27. The average molecular weight is 263 g/mol. The van der Waals surface area contributed by atoms with Crippen LogP contribution in [0.15, 0.2) is 41.8 Å². The standard InChI is InChI=1S/C15H21NOS/c1-3-4-5-8-12(16-2)14-11-18-15-10-7-6-9-13(15)17-14/h3,6-7,9-10,12,14,16H,1,4-5,8,11H2,2H3. The smallest absolute Gasteiger partial charge is 0.133 e. The normalized spacial score (nSPS) is 19.7. The summed E-state index contributed by atoms with van der Waals surface area (Å²) in [5.41, 5.74) is 0. The number of allylic oxidation sites excluding steroid dienone is 1. The van der Waals surface area contributed by atoms with Gasteiger partial charge in [-0.05, 0) is 38.4 Å². The summed E-state index contributed by atoms with van der Waals surface area (Å²) in [5.74, 6) is 2.05. The first-order valence-electron chi connectivity index (χ1n) is 6.51. The van der Waals surface area contributed by atoms with Gasteiger partial charge in [0.15, 0.2) is 0 Å². The number of para-hydroxylation sites is 1. The molecule has 0 amide bonds. The van der Waals surface area contributed by atoms with Crippen molar-refractivity contribution in [3.05, 3.63) is 36.9 Å². The maximum Gasteiger partial charge on any atom is 0.133 e. The molecule has 0 saturated heterocycles. The second kappa shape index (κ2) is 6.86. The molecule has 2 rings (SSSR count). The van der Waals surface area contributed by atoms with Gasteiger partial charge in [0.25, 0.3) is 0 Å². The monoisotopic (exact) mass is 263 g/mol. The molecule has 0 radical (unpaired) electrons. The predicted molar refractivity (Wildman–Crippen MR) is 78.5 cm³/mol. The molecule has 2 atom stereocenters. The Morgan fingerprint density at radius 1 is 1.56 bits per heavy atom. The first kappa shape index (κ1) is 13.5. The lowest BCUT2D eigenvalue weighted by molar-refractivity contribution is 0.164. The Morgan fingerprint density at radius 3 is 3.17 bits per heavy atom. The zero-order valence-electron chi connectivity index (χ0n) is 10.9. The number of ether oxygens (including phenoxy) is 1. The quantitative estimate of drug-likeness (QED) is 0.627. The number of unbranched alkanes of at least 4 members (excludes halogenated alkanes) is 1. The molecule has 1 N–H and O–H groups in total. The molecule has 0 aliphatic carbocycles. The fourth-order valence-electron chi connectivity index (χ4n) is 2.23. The molecule has 3 heteroatoms. The van der Waals surface area contributed by atoms with E-state index in [9.17, 15) is 0 Å². The molecule has 0 aromatic heterocycles.